The van der Waals surface area contributed by atoms with E-state index in [9.17, 15) is 0 Å². The van der Waals surface area contributed by atoms with E-state index in [0.717, 1.165) is 36.4 Å². The summed E-state index contributed by atoms with van der Waals surface area (Å²) in [6, 6.07) is 8.26. The Balaban J connectivity index is 1.57. The van der Waals surface area contributed by atoms with Gasteiger partial charge in [0.1, 0.15) is 6.54 Å². The first-order chi connectivity index (χ1) is 10.8. The lowest BCUT2D eigenvalue weighted by Gasteiger charge is -2.30. The number of benzene rings is 1. The zero-order chi connectivity index (χ0) is 14.9. The van der Waals surface area contributed by atoms with Gasteiger partial charge in [-0.2, -0.15) is 10.1 Å². The van der Waals surface area contributed by atoms with Gasteiger partial charge < -0.3 is 9.84 Å². The van der Waals surface area contributed by atoms with Crippen molar-refractivity contribution >= 4 is 10.9 Å². The lowest BCUT2D eigenvalue weighted by Crippen LogP contribution is -2.44. The Morgan fingerprint density at radius 2 is 2.27 bits per heavy atom. The Hall–Kier alpha value is -2.25. The van der Waals surface area contributed by atoms with Crippen LogP contribution in [0.1, 0.15) is 17.8 Å². The van der Waals surface area contributed by atoms with E-state index in [1.165, 1.54) is 0 Å². The molecule has 3 heterocycles. The molecule has 2 aromatic heterocycles. The molecule has 0 aliphatic carbocycles. The highest BCUT2D eigenvalue weighted by atomic mass is 16.5. The Morgan fingerprint density at radius 1 is 1.36 bits per heavy atom. The number of hydrogen-bond donors (Lipinski definition) is 1. The largest absolute Gasteiger partial charge is 0.337 e. The fourth-order valence-electron chi connectivity index (χ4n) is 2.84. The van der Waals surface area contributed by atoms with E-state index >= 15 is 0 Å². The monoisotopic (exact) mass is 298 g/mol. The third-order valence-electron chi connectivity index (χ3n) is 4.13. The molecule has 1 aromatic carbocycles. The number of aromatic nitrogens is 4. The van der Waals surface area contributed by atoms with Gasteiger partial charge in [-0.05, 0) is 13.1 Å². The number of hydrogen-bond acceptors (Lipinski definition) is 6. The molecule has 7 nitrogen and oxygen atoms in total. The summed E-state index contributed by atoms with van der Waals surface area (Å²) in [5.74, 6) is 1.32. The van der Waals surface area contributed by atoms with Crippen molar-refractivity contribution in [3.8, 4) is 0 Å². The van der Waals surface area contributed by atoms with Crippen molar-refractivity contribution in [3.05, 3.63) is 42.2 Å². The predicted molar refractivity (Wildman–Crippen MR) is 81.4 cm³/mol. The first kappa shape index (κ1) is 13.4. The fourth-order valence-corrected chi connectivity index (χ4v) is 2.84. The maximum absolute atomic E-state index is 5.41. The van der Waals surface area contributed by atoms with E-state index in [1.54, 1.807) is 0 Å². The summed E-state index contributed by atoms with van der Waals surface area (Å²) >= 11 is 0. The molecule has 0 spiro atoms. The van der Waals surface area contributed by atoms with Crippen molar-refractivity contribution < 1.29 is 4.52 Å². The second kappa shape index (κ2) is 5.51. The summed E-state index contributed by atoms with van der Waals surface area (Å²) in [4.78, 5) is 6.79. The first-order valence-corrected chi connectivity index (χ1v) is 7.45. The quantitative estimate of drug-likeness (QED) is 0.779. The molecule has 1 saturated heterocycles. The Bertz CT molecular complexity index is 779. The van der Waals surface area contributed by atoms with Crippen molar-refractivity contribution in [2.24, 2.45) is 0 Å². The molecule has 1 aliphatic heterocycles. The highest BCUT2D eigenvalue weighted by Crippen LogP contribution is 2.19. The molecule has 4 rings (SSSR count). The molecule has 1 unspecified atom stereocenters. The molecule has 1 aliphatic rings. The average molecular weight is 298 g/mol. The van der Waals surface area contributed by atoms with E-state index < -0.39 is 0 Å². The average Bonchev–Trinajstić information content (AvgIpc) is 3.16. The van der Waals surface area contributed by atoms with Gasteiger partial charge in [-0.1, -0.05) is 23.4 Å². The number of piperazine rings is 1. The third-order valence-corrected chi connectivity index (χ3v) is 4.13. The minimum absolute atomic E-state index is 0.167. The number of fused-ring (bicyclic) bond motifs is 1. The molecule has 3 aromatic rings. The van der Waals surface area contributed by atoms with Crippen LogP contribution in [0.2, 0.25) is 0 Å². The van der Waals surface area contributed by atoms with Crippen LogP contribution in [0.15, 0.2) is 35.0 Å². The second-order valence-electron chi connectivity index (χ2n) is 5.61. The van der Waals surface area contributed by atoms with E-state index in [-0.39, 0.29) is 6.04 Å². The third kappa shape index (κ3) is 2.38. The first-order valence-electron chi connectivity index (χ1n) is 7.45. The minimum atomic E-state index is 0.167. The normalized spacial score (nSPS) is 19.8. The Labute approximate surface area is 127 Å². The van der Waals surface area contributed by atoms with Crippen molar-refractivity contribution in [3.63, 3.8) is 0 Å². The molecular formula is C15H18N6O. The van der Waals surface area contributed by atoms with Crippen molar-refractivity contribution in [2.75, 3.05) is 26.7 Å². The van der Waals surface area contributed by atoms with Gasteiger partial charge in [-0.25, -0.2) is 0 Å². The summed E-state index contributed by atoms with van der Waals surface area (Å²) in [5, 5.41) is 13.0. The highest BCUT2D eigenvalue weighted by Gasteiger charge is 2.25. The van der Waals surface area contributed by atoms with Gasteiger partial charge in [0.2, 0.25) is 5.89 Å². The SMILES string of the molecule is CN1CCNCC1c1noc(Cn2ncc3ccccc32)n1. The molecule has 0 saturated carbocycles. The van der Waals surface area contributed by atoms with E-state index in [2.05, 4.69) is 32.5 Å². The topological polar surface area (TPSA) is 72.0 Å². The van der Waals surface area contributed by atoms with Crippen LogP contribution in [0.4, 0.5) is 0 Å². The zero-order valence-corrected chi connectivity index (χ0v) is 12.4. The molecule has 22 heavy (non-hydrogen) atoms. The standard InChI is InChI=1S/C15H18N6O/c1-20-7-6-16-9-13(20)15-18-14(22-19-15)10-21-12-5-3-2-4-11(12)8-17-21/h2-5,8,13,16H,6-7,9-10H2,1H3. The molecular weight excluding hydrogens is 280 g/mol. The second-order valence-corrected chi connectivity index (χ2v) is 5.61. The summed E-state index contributed by atoms with van der Waals surface area (Å²) in [6.45, 7) is 3.32. The molecule has 114 valence electrons. The smallest absolute Gasteiger partial charge is 0.248 e. The van der Waals surface area contributed by atoms with Gasteiger partial charge in [-0.3, -0.25) is 9.58 Å². The van der Waals surface area contributed by atoms with E-state index in [4.69, 9.17) is 4.52 Å². The maximum atomic E-state index is 5.41. The molecule has 0 radical (unpaired) electrons. The van der Waals surface area contributed by atoms with Crippen molar-refractivity contribution in [1.82, 2.24) is 30.1 Å². The van der Waals surface area contributed by atoms with Crippen LogP contribution in [-0.4, -0.2) is 51.5 Å². The Kier molecular flexibility index (Phi) is 3.36. The lowest BCUT2D eigenvalue weighted by molar-refractivity contribution is 0.190. The summed E-state index contributed by atoms with van der Waals surface area (Å²) in [5.41, 5.74) is 1.07. The van der Waals surface area contributed by atoms with Crippen LogP contribution in [0.3, 0.4) is 0 Å². The molecule has 1 fully saturated rings. The number of para-hydroxylation sites is 1. The van der Waals surface area contributed by atoms with Crippen LogP contribution in [0.5, 0.6) is 0 Å². The molecule has 7 heteroatoms. The number of likely N-dealkylation sites (N-methyl/N-ethyl adjacent to an activating group) is 1. The molecule has 0 amide bonds. The summed E-state index contributed by atoms with van der Waals surface area (Å²) in [7, 11) is 2.09. The van der Waals surface area contributed by atoms with Crippen LogP contribution >= 0.6 is 0 Å². The van der Waals surface area contributed by atoms with E-state index in [1.807, 2.05) is 35.1 Å². The summed E-state index contributed by atoms with van der Waals surface area (Å²) < 4.78 is 7.30. The van der Waals surface area contributed by atoms with Crippen LogP contribution < -0.4 is 5.32 Å². The van der Waals surface area contributed by atoms with E-state index in [0.29, 0.717) is 12.4 Å². The number of nitrogens with zero attached hydrogens (tertiary/aromatic N) is 5. The predicted octanol–water partition coefficient (Wildman–Crippen LogP) is 1.04. The number of nitrogens with one attached hydrogen (secondary N) is 1. The van der Waals surface area contributed by atoms with Gasteiger partial charge in [0.25, 0.3) is 0 Å². The van der Waals surface area contributed by atoms with Gasteiger partial charge in [0, 0.05) is 25.0 Å². The highest BCUT2D eigenvalue weighted by molar-refractivity contribution is 5.78. The van der Waals surface area contributed by atoms with Crippen molar-refractivity contribution in [2.45, 2.75) is 12.6 Å². The molecule has 1 N–H and O–H groups in total. The van der Waals surface area contributed by atoms with Crippen LogP contribution in [0.25, 0.3) is 10.9 Å². The summed E-state index contributed by atoms with van der Waals surface area (Å²) in [6.07, 6.45) is 1.85. The lowest BCUT2D eigenvalue weighted by atomic mass is 10.2. The Morgan fingerprint density at radius 3 is 3.18 bits per heavy atom. The maximum Gasteiger partial charge on any atom is 0.248 e. The van der Waals surface area contributed by atoms with Crippen LogP contribution in [0, 0.1) is 0 Å². The van der Waals surface area contributed by atoms with Gasteiger partial charge >= 0.3 is 0 Å². The minimum Gasteiger partial charge on any atom is -0.337 e. The van der Waals surface area contributed by atoms with Crippen LogP contribution in [-0.2, 0) is 6.54 Å². The zero-order valence-electron chi connectivity index (χ0n) is 12.4. The van der Waals surface area contributed by atoms with Gasteiger partial charge in [-0.15, -0.1) is 0 Å². The molecule has 1 atom stereocenters. The van der Waals surface area contributed by atoms with Crippen molar-refractivity contribution in [1.29, 1.82) is 0 Å². The number of rotatable bonds is 3. The van der Waals surface area contributed by atoms with Gasteiger partial charge in [0.05, 0.1) is 17.8 Å². The molecule has 0 bridgehead atoms. The van der Waals surface area contributed by atoms with Gasteiger partial charge in [0.15, 0.2) is 5.82 Å². The fraction of sp³-hybridized carbons (Fsp3) is 0.400.